The van der Waals surface area contributed by atoms with Crippen LogP contribution in [0.15, 0.2) is 65.4 Å². The number of aromatic nitrogens is 3. The molecule has 0 aliphatic carbocycles. The molecule has 23 heavy (non-hydrogen) atoms. The highest BCUT2D eigenvalue weighted by Gasteiger charge is 2.08. The van der Waals surface area contributed by atoms with E-state index in [1.807, 2.05) is 48.5 Å². The summed E-state index contributed by atoms with van der Waals surface area (Å²) in [5.41, 5.74) is 9.24. The minimum absolute atomic E-state index is 0.577. The average molecular weight is 305 g/mol. The molecule has 0 aliphatic rings. The lowest BCUT2D eigenvalue weighted by Gasteiger charge is -2.06. The van der Waals surface area contributed by atoms with E-state index in [2.05, 4.69) is 15.4 Å². The molecular formula is C17H15N5O. The maximum Gasteiger partial charge on any atom is 0.154 e. The van der Waals surface area contributed by atoms with Gasteiger partial charge in [0.15, 0.2) is 5.65 Å². The van der Waals surface area contributed by atoms with Gasteiger partial charge in [0, 0.05) is 11.3 Å². The maximum atomic E-state index is 5.87. The Morgan fingerprint density at radius 2 is 2.09 bits per heavy atom. The van der Waals surface area contributed by atoms with E-state index in [-0.39, 0.29) is 0 Å². The molecule has 114 valence electrons. The van der Waals surface area contributed by atoms with Crippen molar-refractivity contribution in [2.45, 2.75) is 6.54 Å². The van der Waals surface area contributed by atoms with E-state index in [4.69, 9.17) is 10.2 Å². The molecule has 0 aliphatic heterocycles. The van der Waals surface area contributed by atoms with E-state index >= 15 is 0 Å². The second kappa shape index (κ2) is 5.49. The summed E-state index contributed by atoms with van der Waals surface area (Å²) in [6.45, 7) is 0.577. The van der Waals surface area contributed by atoms with Crippen molar-refractivity contribution in [2.24, 2.45) is 0 Å². The third kappa shape index (κ3) is 2.62. The van der Waals surface area contributed by atoms with Gasteiger partial charge < -0.3 is 15.5 Å². The van der Waals surface area contributed by atoms with Gasteiger partial charge in [0.1, 0.15) is 11.6 Å². The summed E-state index contributed by atoms with van der Waals surface area (Å²) in [5, 5.41) is 7.84. The second-order valence-electron chi connectivity index (χ2n) is 5.19. The SMILES string of the molecule is Nc1cccc(-c2cnc3ccc(NCc4ccco4)nn23)c1. The van der Waals surface area contributed by atoms with E-state index in [1.165, 1.54) is 0 Å². The summed E-state index contributed by atoms with van der Waals surface area (Å²) < 4.78 is 7.12. The van der Waals surface area contributed by atoms with Gasteiger partial charge in [0.25, 0.3) is 0 Å². The first-order chi connectivity index (χ1) is 11.3. The van der Waals surface area contributed by atoms with Gasteiger partial charge in [-0.05, 0) is 36.4 Å². The average Bonchev–Trinajstić information content (AvgIpc) is 3.22. The van der Waals surface area contributed by atoms with Crippen LogP contribution in [0.2, 0.25) is 0 Å². The zero-order valence-electron chi connectivity index (χ0n) is 12.3. The minimum Gasteiger partial charge on any atom is -0.467 e. The molecule has 3 heterocycles. The number of nitrogens with zero attached hydrogens (tertiary/aromatic N) is 3. The number of nitrogens with one attached hydrogen (secondary N) is 1. The van der Waals surface area contributed by atoms with Crippen molar-refractivity contribution in [3.05, 3.63) is 66.8 Å². The summed E-state index contributed by atoms with van der Waals surface area (Å²) in [6, 6.07) is 15.3. The third-order valence-corrected chi connectivity index (χ3v) is 3.57. The monoisotopic (exact) mass is 305 g/mol. The molecule has 0 spiro atoms. The quantitative estimate of drug-likeness (QED) is 0.566. The number of hydrogen-bond acceptors (Lipinski definition) is 5. The molecule has 0 atom stereocenters. The molecule has 6 nitrogen and oxygen atoms in total. The van der Waals surface area contributed by atoms with Crippen molar-refractivity contribution in [3.63, 3.8) is 0 Å². The predicted molar refractivity (Wildman–Crippen MR) is 88.9 cm³/mol. The van der Waals surface area contributed by atoms with Crippen LogP contribution in [0.25, 0.3) is 16.9 Å². The zero-order valence-corrected chi connectivity index (χ0v) is 12.3. The van der Waals surface area contributed by atoms with Gasteiger partial charge in [-0.25, -0.2) is 9.50 Å². The molecule has 0 radical (unpaired) electrons. The molecule has 0 amide bonds. The molecule has 6 heteroatoms. The van der Waals surface area contributed by atoms with E-state index in [9.17, 15) is 0 Å². The van der Waals surface area contributed by atoms with Gasteiger partial charge in [-0.3, -0.25) is 0 Å². The van der Waals surface area contributed by atoms with Crippen LogP contribution in [0.4, 0.5) is 11.5 Å². The van der Waals surface area contributed by atoms with Gasteiger partial charge in [0.05, 0.1) is 24.7 Å². The van der Waals surface area contributed by atoms with Gasteiger partial charge in [-0.15, -0.1) is 5.10 Å². The maximum absolute atomic E-state index is 5.87. The molecule has 0 fully saturated rings. The first-order valence-corrected chi connectivity index (χ1v) is 7.26. The van der Waals surface area contributed by atoms with Crippen LogP contribution in [0.5, 0.6) is 0 Å². The van der Waals surface area contributed by atoms with E-state index in [1.54, 1.807) is 17.0 Å². The Hall–Kier alpha value is -3.28. The summed E-state index contributed by atoms with van der Waals surface area (Å²) in [7, 11) is 0. The number of nitrogens with two attached hydrogens (primary N) is 1. The van der Waals surface area contributed by atoms with E-state index in [0.29, 0.717) is 12.2 Å². The van der Waals surface area contributed by atoms with Gasteiger partial charge in [-0.2, -0.15) is 0 Å². The summed E-state index contributed by atoms with van der Waals surface area (Å²) in [4.78, 5) is 4.39. The standard InChI is InChI=1S/C17H15N5O/c18-13-4-1-3-12(9-13)15-11-20-17-7-6-16(21-22(15)17)19-10-14-5-2-8-23-14/h1-9,11H,10,18H2,(H,19,21). The van der Waals surface area contributed by atoms with Gasteiger partial charge in [0.2, 0.25) is 0 Å². The summed E-state index contributed by atoms with van der Waals surface area (Å²) >= 11 is 0. The van der Waals surface area contributed by atoms with Crippen molar-refractivity contribution >= 4 is 17.2 Å². The van der Waals surface area contributed by atoms with Crippen LogP contribution in [-0.2, 0) is 6.54 Å². The molecular weight excluding hydrogens is 290 g/mol. The number of fused-ring (bicyclic) bond motifs is 1. The predicted octanol–water partition coefficient (Wildman–Crippen LogP) is 3.18. The normalized spacial score (nSPS) is 11.0. The Labute approximate surface area is 132 Å². The molecule has 1 aromatic carbocycles. The lowest BCUT2D eigenvalue weighted by molar-refractivity contribution is 0.517. The highest BCUT2D eigenvalue weighted by molar-refractivity contribution is 5.67. The molecule has 0 unspecified atom stereocenters. The number of furan rings is 1. The molecule has 0 saturated carbocycles. The molecule has 0 bridgehead atoms. The lowest BCUT2D eigenvalue weighted by Crippen LogP contribution is -2.04. The topological polar surface area (TPSA) is 81.4 Å². The third-order valence-electron chi connectivity index (χ3n) is 3.57. The Kier molecular flexibility index (Phi) is 3.20. The Bertz CT molecular complexity index is 943. The summed E-state index contributed by atoms with van der Waals surface area (Å²) in [5.74, 6) is 1.60. The largest absolute Gasteiger partial charge is 0.467 e. The van der Waals surface area contributed by atoms with Gasteiger partial charge in [-0.1, -0.05) is 12.1 Å². The van der Waals surface area contributed by atoms with Crippen LogP contribution >= 0.6 is 0 Å². The zero-order chi connectivity index (χ0) is 15.6. The first kappa shape index (κ1) is 13.4. The van der Waals surface area contributed by atoms with Crippen LogP contribution in [0.3, 0.4) is 0 Å². The van der Waals surface area contributed by atoms with E-state index in [0.717, 1.165) is 28.5 Å². The molecule has 4 aromatic rings. The van der Waals surface area contributed by atoms with E-state index < -0.39 is 0 Å². The van der Waals surface area contributed by atoms with Crippen molar-refractivity contribution in [1.29, 1.82) is 0 Å². The molecule has 3 N–H and O–H groups in total. The minimum atomic E-state index is 0.577. The number of benzene rings is 1. The van der Waals surface area contributed by atoms with Crippen LogP contribution in [-0.4, -0.2) is 14.6 Å². The molecule has 4 rings (SSSR count). The molecule has 0 saturated heterocycles. The van der Waals surface area contributed by atoms with Crippen molar-refractivity contribution in [2.75, 3.05) is 11.1 Å². The van der Waals surface area contributed by atoms with Crippen LogP contribution in [0.1, 0.15) is 5.76 Å². The number of nitrogen functional groups attached to an aromatic ring is 1. The Balaban J connectivity index is 1.68. The van der Waals surface area contributed by atoms with Crippen molar-refractivity contribution < 1.29 is 4.42 Å². The van der Waals surface area contributed by atoms with Crippen LogP contribution < -0.4 is 11.1 Å². The number of imidazole rings is 1. The smallest absolute Gasteiger partial charge is 0.154 e. The summed E-state index contributed by atoms with van der Waals surface area (Å²) in [6.07, 6.45) is 3.45. The number of hydrogen-bond donors (Lipinski definition) is 2. The van der Waals surface area contributed by atoms with Crippen molar-refractivity contribution in [3.8, 4) is 11.3 Å². The van der Waals surface area contributed by atoms with Crippen molar-refractivity contribution in [1.82, 2.24) is 14.6 Å². The highest BCUT2D eigenvalue weighted by Crippen LogP contribution is 2.22. The first-order valence-electron chi connectivity index (χ1n) is 7.26. The Morgan fingerprint density at radius 3 is 2.91 bits per heavy atom. The second-order valence-corrected chi connectivity index (χ2v) is 5.19. The highest BCUT2D eigenvalue weighted by atomic mass is 16.3. The fourth-order valence-corrected chi connectivity index (χ4v) is 2.45. The lowest BCUT2D eigenvalue weighted by atomic mass is 10.1. The number of rotatable bonds is 4. The Morgan fingerprint density at radius 1 is 1.13 bits per heavy atom. The van der Waals surface area contributed by atoms with Crippen LogP contribution in [0, 0.1) is 0 Å². The van der Waals surface area contributed by atoms with Gasteiger partial charge >= 0.3 is 0 Å². The fourth-order valence-electron chi connectivity index (χ4n) is 2.45. The fraction of sp³-hybridized carbons (Fsp3) is 0.0588. The molecule has 3 aromatic heterocycles. The number of anilines is 2.